The van der Waals surface area contributed by atoms with Crippen molar-refractivity contribution in [3.8, 4) is 11.5 Å². The second kappa shape index (κ2) is 8.74. The average molecular weight is 512 g/mol. The minimum Gasteiger partial charge on any atom is -0.508 e. The first kappa shape index (κ1) is 23.7. The lowest BCUT2D eigenvalue weighted by Crippen LogP contribution is -2.57. The molecular formula is C29H25N3O6. The van der Waals surface area contributed by atoms with Crippen LogP contribution in [0.4, 0.5) is 5.69 Å². The Bertz CT molecular complexity index is 1580. The van der Waals surface area contributed by atoms with Crippen molar-refractivity contribution in [1.82, 2.24) is 10.3 Å². The number of imide groups is 1. The van der Waals surface area contributed by atoms with Crippen LogP contribution < -0.4 is 15.0 Å². The SMILES string of the molecule is COc1ccc(N2C(=O)[C@H]3[C@@H](c4ccccc4O)N[C@](Cc4c[nH]c5ccccc45)(C(=O)O)[C@@H]3C2=O)cc1. The second-order valence-corrected chi connectivity index (χ2v) is 9.71. The maximum Gasteiger partial charge on any atom is 0.325 e. The van der Waals surface area contributed by atoms with Crippen molar-refractivity contribution in [3.05, 3.63) is 90.1 Å². The normalized spacial score (nSPS) is 24.7. The fourth-order valence-electron chi connectivity index (χ4n) is 6.02. The number of carbonyl (C=O) groups excluding carboxylic acids is 2. The summed E-state index contributed by atoms with van der Waals surface area (Å²) in [5, 5.41) is 25.4. The number of nitrogens with zero attached hydrogens (tertiary/aromatic N) is 1. The van der Waals surface area contributed by atoms with E-state index in [9.17, 15) is 24.6 Å². The lowest BCUT2D eigenvalue weighted by molar-refractivity contribution is -0.148. The third-order valence-corrected chi connectivity index (χ3v) is 7.78. The molecule has 2 aliphatic rings. The van der Waals surface area contributed by atoms with Crippen molar-refractivity contribution in [3.63, 3.8) is 0 Å². The zero-order valence-corrected chi connectivity index (χ0v) is 20.4. The predicted octanol–water partition coefficient (Wildman–Crippen LogP) is 3.40. The fourth-order valence-corrected chi connectivity index (χ4v) is 6.02. The van der Waals surface area contributed by atoms with Crippen molar-refractivity contribution in [2.24, 2.45) is 11.8 Å². The number of aromatic hydroxyl groups is 1. The number of methoxy groups -OCH3 is 1. The van der Waals surface area contributed by atoms with Crippen molar-refractivity contribution in [2.45, 2.75) is 18.0 Å². The highest BCUT2D eigenvalue weighted by Gasteiger charge is 2.69. The molecule has 2 fully saturated rings. The molecule has 6 rings (SSSR count). The number of aromatic amines is 1. The number of anilines is 1. The molecule has 2 amide bonds. The van der Waals surface area contributed by atoms with Crippen LogP contribution in [-0.4, -0.2) is 45.6 Å². The number of aliphatic carboxylic acids is 1. The van der Waals surface area contributed by atoms with E-state index in [1.807, 2.05) is 24.3 Å². The summed E-state index contributed by atoms with van der Waals surface area (Å²) in [6.45, 7) is 0. The van der Waals surface area contributed by atoms with Gasteiger partial charge >= 0.3 is 5.97 Å². The molecule has 3 aromatic carbocycles. The highest BCUT2D eigenvalue weighted by Crippen LogP contribution is 2.52. The molecule has 9 nitrogen and oxygen atoms in total. The number of H-pyrrole nitrogens is 1. The number of rotatable bonds is 6. The summed E-state index contributed by atoms with van der Waals surface area (Å²) in [7, 11) is 1.51. The molecule has 3 heterocycles. The van der Waals surface area contributed by atoms with E-state index in [1.165, 1.54) is 13.2 Å². The summed E-state index contributed by atoms with van der Waals surface area (Å²) in [6.07, 6.45) is 1.69. The number of carboxylic acid groups (broad SMARTS) is 1. The zero-order valence-electron chi connectivity index (χ0n) is 20.4. The summed E-state index contributed by atoms with van der Waals surface area (Å²) in [5.41, 5.74) is 0.426. The van der Waals surface area contributed by atoms with Crippen LogP contribution in [0.2, 0.25) is 0 Å². The van der Waals surface area contributed by atoms with Gasteiger partial charge in [0.25, 0.3) is 0 Å². The van der Waals surface area contributed by atoms with Gasteiger partial charge in [0.2, 0.25) is 11.8 Å². The van der Waals surface area contributed by atoms with Crippen LogP contribution in [0.15, 0.2) is 79.0 Å². The number of fused-ring (bicyclic) bond motifs is 2. The topological polar surface area (TPSA) is 132 Å². The van der Waals surface area contributed by atoms with Crippen LogP contribution in [-0.2, 0) is 20.8 Å². The third kappa shape index (κ3) is 3.39. The summed E-state index contributed by atoms with van der Waals surface area (Å²) in [5.74, 6) is -4.15. The summed E-state index contributed by atoms with van der Waals surface area (Å²) in [6, 6.07) is 19.5. The van der Waals surface area contributed by atoms with Crippen molar-refractivity contribution < 1.29 is 29.3 Å². The van der Waals surface area contributed by atoms with Gasteiger partial charge in [-0.15, -0.1) is 0 Å². The van der Waals surface area contributed by atoms with Gasteiger partial charge in [-0.2, -0.15) is 0 Å². The van der Waals surface area contributed by atoms with Crippen LogP contribution in [0, 0.1) is 11.8 Å². The molecule has 1 aromatic heterocycles. The highest BCUT2D eigenvalue weighted by atomic mass is 16.5. The van der Waals surface area contributed by atoms with E-state index in [0.717, 1.165) is 15.8 Å². The first-order valence-corrected chi connectivity index (χ1v) is 12.2. The number of hydrogen-bond acceptors (Lipinski definition) is 6. The maximum atomic E-state index is 14.0. The van der Waals surface area contributed by atoms with Crippen LogP contribution >= 0.6 is 0 Å². The summed E-state index contributed by atoms with van der Waals surface area (Å²) < 4.78 is 5.20. The number of phenolic OH excluding ortho intramolecular Hbond substituents is 1. The Hall–Kier alpha value is -4.63. The number of phenols is 1. The Morgan fingerprint density at radius 1 is 1.00 bits per heavy atom. The van der Waals surface area contributed by atoms with Gasteiger partial charge in [-0.05, 0) is 42.0 Å². The molecule has 38 heavy (non-hydrogen) atoms. The molecule has 2 aliphatic heterocycles. The van der Waals surface area contributed by atoms with Crippen LogP contribution in [0.5, 0.6) is 11.5 Å². The summed E-state index contributed by atoms with van der Waals surface area (Å²) in [4.78, 5) is 45.3. The first-order chi connectivity index (χ1) is 18.4. The predicted molar refractivity (Wildman–Crippen MR) is 139 cm³/mol. The number of para-hydroxylation sites is 2. The van der Waals surface area contributed by atoms with E-state index in [0.29, 0.717) is 22.6 Å². The highest BCUT2D eigenvalue weighted by molar-refractivity contribution is 6.24. The minimum atomic E-state index is -1.81. The van der Waals surface area contributed by atoms with Crippen molar-refractivity contribution >= 4 is 34.4 Å². The number of carbonyl (C=O) groups is 3. The molecule has 0 bridgehead atoms. The zero-order chi connectivity index (χ0) is 26.6. The minimum absolute atomic E-state index is 0.0485. The lowest BCUT2D eigenvalue weighted by Gasteiger charge is -2.31. The van der Waals surface area contributed by atoms with E-state index in [4.69, 9.17) is 4.74 Å². The Kier molecular flexibility index (Phi) is 5.46. The average Bonchev–Trinajstić information content (AvgIpc) is 3.57. The molecule has 0 unspecified atom stereocenters. The van der Waals surface area contributed by atoms with Gasteiger partial charge in [-0.25, -0.2) is 4.90 Å². The number of benzene rings is 3. The van der Waals surface area contributed by atoms with Crippen LogP contribution in [0.3, 0.4) is 0 Å². The Labute approximate surface area is 217 Å². The Morgan fingerprint density at radius 3 is 2.42 bits per heavy atom. The van der Waals surface area contributed by atoms with E-state index < -0.39 is 41.2 Å². The summed E-state index contributed by atoms with van der Waals surface area (Å²) >= 11 is 0. The van der Waals surface area contributed by atoms with Crippen molar-refractivity contribution in [2.75, 3.05) is 12.0 Å². The largest absolute Gasteiger partial charge is 0.508 e. The van der Waals surface area contributed by atoms with Gasteiger partial charge in [-0.1, -0.05) is 36.4 Å². The standard InChI is InChI=1S/C29H25N3O6/c1-38-18-12-10-17(11-13-18)32-26(34)23-24(27(32)35)29(28(36)37,31-25(23)20-7-3-5-9-22(20)33)14-16-15-30-21-8-4-2-6-19(16)21/h2-13,15,23-25,30-31,33H,14H2,1H3,(H,36,37)/t23-,24+,25-,29+/m1/s1. The molecule has 192 valence electrons. The third-order valence-electron chi connectivity index (χ3n) is 7.78. The molecule has 4 aromatic rings. The molecule has 4 atom stereocenters. The van der Waals surface area contributed by atoms with E-state index in [2.05, 4.69) is 10.3 Å². The van der Waals surface area contributed by atoms with Crippen LogP contribution in [0.25, 0.3) is 10.9 Å². The van der Waals surface area contributed by atoms with E-state index in [1.54, 1.807) is 48.7 Å². The monoisotopic (exact) mass is 511 g/mol. The van der Waals surface area contributed by atoms with Crippen LogP contribution in [0.1, 0.15) is 17.2 Å². The quantitative estimate of drug-likeness (QED) is 0.292. The van der Waals surface area contributed by atoms with Crippen molar-refractivity contribution in [1.29, 1.82) is 0 Å². The molecular weight excluding hydrogens is 486 g/mol. The van der Waals surface area contributed by atoms with E-state index >= 15 is 0 Å². The molecule has 0 spiro atoms. The number of amides is 2. The smallest absolute Gasteiger partial charge is 0.325 e. The molecule has 0 saturated carbocycles. The van der Waals surface area contributed by atoms with Gasteiger partial charge in [0, 0.05) is 35.1 Å². The van der Waals surface area contributed by atoms with Gasteiger partial charge in [0.05, 0.1) is 24.6 Å². The lowest BCUT2D eigenvalue weighted by atomic mass is 9.76. The molecule has 2 saturated heterocycles. The number of nitrogens with one attached hydrogen (secondary N) is 2. The maximum absolute atomic E-state index is 14.0. The fraction of sp³-hybridized carbons (Fsp3) is 0.207. The number of hydrogen-bond donors (Lipinski definition) is 4. The molecule has 0 radical (unpaired) electrons. The van der Waals surface area contributed by atoms with E-state index in [-0.39, 0.29) is 12.2 Å². The second-order valence-electron chi connectivity index (χ2n) is 9.71. The number of carboxylic acids is 1. The Morgan fingerprint density at radius 2 is 1.71 bits per heavy atom. The molecule has 4 N–H and O–H groups in total. The number of ether oxygens (including phenoxy) is 1. The first-order valence-electron chi connectivity index (χ1n) is 12.2. The molecule has 9 heteroatoms. The number of aromatic nitrogens is 1. The Balaban J connectivity index is 1.51. The van der Waals surface area contributed by atoms with Gasteiger partial charge < -0.3 is 19.9 Å². The van der Waals surface area contributed by atoms with Gasteiger partial charge in [0.15, 0.2) is 0 Å². The van der Waals surface area contributed by atoms with Gasteiger partial charge in [0.1, 0.15) is 17.0 Å². The van der Waals surface area contributed by atoms with Gasteiger partial charge in [-0.3, -0.25) is 19.7 Å². The molecule has 0 aliphatic carbocycles.